The number of nitrogens with one attached hydrogen (secondary N) is 1. The predicted molar refractivity (Wildman–Crippen MR) is 106 cm³/mol. The van der Waals surface area contributed by atoms with Crippen LogP contribution in [0.5, 0.6) is 0 Å². The van der Waals surface area contributed by atoms with Gasteiger partial charge in [-0.2, -0.15) is 0 Å². The Morgan fingerprint density at radius 2 is 1.68 bits per heavy atom. The Hall–Kier alpha value is -2.49. The van der Waals surface area contributed by atoms with E-state index in [2.05, 4.69) is 55.3 Å². The molecule has 134 valence electrons. The molecule has 4 heteroatoms. The summed E-state index contributed by atoms with van der Waals surface area (Å²) >= 11 is 0. The lowest BCUT2D eigenvalue weighted by atomic mass is 10.1. The largest absolute Gasteiger partial charge is 0.397 e. The van der Waals surface area contributed by atoms with Crippen molar-refractivity contribution >= 4 is 17.3 Å². The van der Waals surface area contributed by atoms with Crippen LogP contribution >= 0.6 is 0 Å². The van der Waals surface area contributed by atoms with E-state index < -0.39 is 0 Å². The number of carbonyl (C=O) groups excluding carboxylic acids is 1. The number of nitrogens with zero attached hydrogens (tertiary/aromatic N) is 1. The van der Waals surface area contributed by atoms with E-state index in [-0.39, 0.29) is 5.91 Å². The number of nitrogens with two attached hydrogens (primary N) is 1. The van der Waals surface area contributed by atoms with Gasteiger partial charge in [-0.1, -0.05) is 35.9 Å². The molecule has 2 aromatic rings. The lowest BCUT2D eigenvalue weighted by molar-refractivity contribution is -0.121. The van der Waals surface area contributed by atoms with Crippen molar-refractivity contribution in [3.8, 4) is 0 Å². The molecular weight excluding hydrogens is 310 g/mol. The molecule has 2 rings (SSSR count). The zero-order valence-corrected chi connectivity index (χ0v) is 15.5. The second kappa shape index (κ2) is 9.11. The minimum atomic E-state index is 0.0620. The average molecular weight is 339 g/mol. The summed E-state index contributed by atoms with van der Waals surface area (Å²) in [6.45, 7) is 8.73. The number of amides is 1. The van der Waals surface area contributed by atoms with Gasteiger partial charge in [0.05, 0.1) is 11.4 Å². The summed E-state index contributed by atoms with van der Waals surface area (Å²) < 4.78 is 0. The van der Waals surface area contributed by atoms with Crippen LogP contribution in [0, 0.1) is 6.92 Å². The van der Waals surface area contributed by atoms with Gasteiger partial charge >= 0.3 is 0 Å². The molecule has 1 amide bonds. The zero-order chi connectivity index (χ0) is 18.2. The summed E-state index contributed by atoms with van der Waals surface area (Å²) in [4.78, 5) is 14.3. The first-order valence-corrected chi connectivity index (χ1v) is 8.99. The van der Waals surface area contributed by atoms with Crippen molar-refractivity contribution in [3.05, 3.63) is 59.2 Å². The molecule has 0 fully saturated rings. The number of hydrogen-bond acceptors (Lipinski definition) is 3. The Bertz CT molecular complexity index is 691. The van der Waals surface area contributed by atoms with Gasteiger partial charge in [-0.25, -0.2) is 0 Å². The van der Waals surface area contributed by atoms with Gasteiger partial charge in [0, 0.05) is 26.1 Å². The highest BCUT2D eigenvalue weighted by Gasteiger charge is 2.08. The molecule has 0 heterocycles. The molecule has 0 aliphatic carbocycles. The number of hydrogen-bond donors (Lipinski definition) is 2. The quantitative estimate of drug-likeness (QED) is 0.722. The van der Waals surface area contributed by atoms with E-state index in [4.69, 9.17) is 5.73 Å². The van der Waals surface area contributed by atoms with Crippen molar-refractivity contribution in [1.82, 2.24) is 5.32 Å². The third-order valence-corrected chi connectivity index (χ3v) is 4.45. The maximum absolute atomic E-state index is 12.1. The number of rotatable bonds is 8. The zero-order valence-electron chi connectivity index (χ0n) is 15.5. The molecule has 4 nitrogen and oxygen atoms in total. The van der Waals surface area contributed by atoms with Crippen molar-refractivity contribution in [3.63, 3.8) is 0 Å². The third kappa shape index (κ3) is 5.52. The first kappa shape index (κ1) is 18.8. The summed E-state index contributed by atoms with van der Waals surface area (Å²) in [7, 11) is 0. The van der Waals surface area contributed by atoms with Gasteiger partial charge in [0.25, 0.3) is 0 Å². The van der Waals surface area contributed by atoms with Crippen molar-refractivity contribution < 1.29 is 4.79 Å². The molecular formula is C21H29N3O. The maximum Gasteiger partial charge on any atom is 0.220 e. The fraction of sp³-hybridized carbons (Fsp3) is 0.381. The molecule has 0 atom stereocenters. The topological polar surface area (TPSA) is 58.4 Å². The van der Waals surface area contributed by atoms with Crippen molar-refractivity contribution in [2.75, 3.05) is 23.7 Å². The molecule has 0 unspecified atom stereocenters. The maximum atomic E-state index is 12.1. The highest BCUT2D eigenvalue weighted by molar-refractivity contribution is 5.76. The van der Waals surface area contributed by atoms with Crippen LogP contribution < -0.4 is 16.0 Å². The lowest BCUT2D eigenvalue weighted by Gasteiger charge is -2.23. The minimum absolute atomic E-state index is 0.0620. The highest BCUT2D eigenvalue weighted by Crippen LogP contribution is 2.24. The summed E-state index contributed by atoms with van der Waals surface area (Å²) in [5, 5.41) is 2.97. The van der Waals surface area contributed by atoms with Gasteiger partial charge in [0.2, 0.25) is 5.91 Å². The van der Waals surface area contributed by atoms with Gasteiger partial charge in [-0.15, -0.1) is 0 Å². The Balaban J connectivity index is 1.85. The summed E-state index contributed by atoms with van der Waals surface area (Å²) in [5.74, 6) is 0.0620. The Morgan fingerprint density at radius 3 is 2.28 bits per heavy atom. The predicted octanol–water partition coefficient (Wildman–Crippen LogP) is 3.67. The Kier molecular flexibility index (Phi) is 6.87. The van der Waals surface area contributed by atoms with E-state index in [1.54, 1.807) is 0 Å². The molecule has 2 aromatic carbocycles. The Morgan fingerprint density at radius 1 is 1.04 bits per heavy atom. The third-order valence-electron chi connectivity index (χ3n) is 4.45. The van der Waals surface area contributed by atoms with Crippen LogP contribution in [0.1, 0.15) is 37.0 Å². The van der Waals surface area contributed by atoms with Crippen LogP contribution in [0.3, 0.4) is 0 Å². The SMILES string of the molecule is CCN(CC)c1ccc(CCC(=O)NCc2ccc(C)cc2)cc1N. The van der Waals surface area contributed by atoms with Crippen LogP contribution in [-0.2, 0) is 17.8 Å². The van der Waals surface area contributed by atoms with E-state index in [1.807, 2.05) is 18.2 Å². The van der Waals surface area contributed by atoms with E-state index in [1.165, 1.54) is 5.56 Å². The van der Waals surface area contributed by atoms with Gasteiger partial charge in [0.15, 0.2) is 0 Å². The average Bonchev–Trinajstić information content (AvgIpc) is 2.62. The van der Waals surface area contributed by atoms with Crippen molar-refractivity contribution in [2.45, 2.75) is 40.2 Å². The van der Waals surface area contributed by atoms with E-state index in [0.29, 0.717) is 19.4 Å². The fourth-order valence-electron chi connectivity index (χ4n) is 2.86. The molecule has 0 aliphatic rings. The molecule has 0 aromatic heterocycles. The lowest BCUT2D eigenvalue weighted by Crippen LogP contribution is -2.23. The van der Waals surface area contributed by atoms with Gasteiger partial charge in [-0.05, 0) is 50.5 Å². The number of anilines is 2. The normalized spacial score (nSPS) is 10.5. The fourth-order valence-corrected chi connectivity index (χ4v) is 2.86. The molecule has 0 radical (unpaired) electrons. The molecule has 3 N–H and O–H groups in total. The highest BCUT2D eigenvalue weighted by atomic mass is 16.1. The standard InChI is InChI=1S/C21H29N3O/c1-4-24(5-2)20-12-10-17(14-19(20)22)11-13-21(25)23-15-18-8-6-16(3)7-9-18/h6-10,12,14H,4-5,11,13,15,22H2,1-3H3,(H,23,25). The Labute approximate surface area is 151 Å². The van der Waals surface area contributed by atoms with Gasteiger partial charge in [-0.3, -0.25) is 4.79 Å². The number of carbonyl (C=O) groups is 1. The molecule has 0 saturated carbocycles. The second-order valence-electron chi connectivity index (χ2n) is 6.33. The molecule has 0 saturated heterocycles. The first-order chi connectivity index (χ1) is 12.0. The van der Waals surface area contributed by atoms with Crippen LogP contribution in [0.25, 0.3) is 0 Å². The van der Waals surface area contributed by atoms with E-state index >= 15 is 0 Å². The van der Waals surface area contributed by atoms with E-state index in [0.717, 1.165) is 35.6 Å². The van der Waals surface area contributed by atoms with Crippen LogP contribution in [-0.4, -0.2) is 19.0 Å². The summed E-state index contributed by atoms with van der Waals surface area (Å²) in [5.41, 5.74) is 11.5. The first-order valence-electron chi connectivity index (χ1n) is 8.99. The smallest absolute Gasteiger partial charge is 0.220 e. The van der Waals surface area contributed by atoms with Crippen LogP contribution in [0.15, 0.2) is 42.5 Å². The van der Waals surface area contributed by atoms with Crippen molar-refractivity contribution in [1.29, 1.82) is 0 Å². The van der Waals surface area contributed by atoms with Crippen molar-refractivity contribution in [2.24, 2.45) is 0 Å². The summed E-state index contributed by atoms with van der Waals surface area (Å²) in [6, 6.07) is 14.3. The van der Waals surface area contributed by atoms with E-state index in [9.17, 15) is 4.79 Å². The van der Waals surface area contributed by atoms with Gasteiger partial charge < -0.3 is 16.0 Å². The number of nitrogen functional groups attached to an aromatic ring is 1. The van der Waals surface area contributed by atoms with Crippen LogP contribution in [0.4, 0.5) is 11.4 Å². The molecule has 0 aliphatic heterocycles. The molecule has 0 bridgehead atoms. The minimum Gasteiger partial charge on any atom is -0.397 e. The molecule has 0 spiro atoms. The summed E-state index contributed by atoms with van der Waals surface area (Å²) in [6.07, 6.45) is 1.17. The number of benzene rings is 2. The second-order valence-corrected chi connectivity index (χ2v) is 6.33. The molecule has 25 heavy (non-hydrogen) atoms. The van der Waals surface area contributed by atoms with Gasteiger partial charge in [0.1, 0.15) is 0 Å². The number of aryl methyl sites for hydroxylation is 2. The van der Waals surface area contributed by atoms with Crippen LogP contribution in [0.2, 0.25) is 0 Å². The monoisotopic (exact) mass is 339 g/mol.